The summed E-state index contributed by atoms with van der Waals surface area (Å²) in [4.78, 5) is 29.0. The first-order chi connectivity index (χ1) is 13.8. The van der Waals surface area contributed by atoms with E-state index >= 15 is 0 Å². The highest BCUT2D eigenvalue weighted by Gasteiger charge is 2.23. The van der Waals surface area contributed by atoms with Crippen molar-refractivity contribution in [3.8, 4) is 0 Å². The van der Waals surface area contributed by atoms with Gasteiger partial charge in [-0.3, -0.25) is 14.5 Å². The van der Waals surface area contributed by atoms with Crippen LogP contribution in [0.1, 0.15) is 31.0 Å². The number of carbonyl (C=O) groups excluding carboxylic acids is 1. The summed E-state index contributed by atoms with van der Waals surface area (Å²) in [5.74, 6) is -0.0219. The number of anilines is 2. The maximum atomic E-state index is 12.5. The van der Waals surface area contributed by atoms with E-state index < -0.39 is 0 Å². The number of hydrogen-bond acceptors (Lipinski definition) is 5. The van der Waals surface area contributed by atoms with E-state index in [1.54, 1.807) is 6.20 Å². The number of halogens is 1. The molecule has 2 heterocycles. The van der Waals surface area contributed by atoms with Crippen LogP contribution in [0.4, 0.5) is 11.4 Å². The zero-order chi connectivity index (χ0) is 21.1. The fraction of sp³-hybridized carbons (Fsp3) is 0.476. The molecule has 1 fully saturated rings. The van der Waals surface area contributed by atoms with Crippen molar-refractivity contribution >= 4 is 28.9 Å². The molecule has 1 saturated heterocycles. The third-order valence-corrected chi connectivity index (χ3v) is 5.73. The van der Waals surface area contributed by atoms with Gasteiger partial charge < -0.3 is 10.2 Å². The van der Waals surface area contributed by atoms with Crippen LogP contribution in [-0.2, 0) is 4.79 Å². The van der Waals surface area contributed by atoms with Crippen LogP contribution in [0.5, 0.6) is 0 Å². The van der Waals surface area contributed by atoms with E-state index in [-0.39, 0.29) is 22.5 Å². The highest BCUT2D eigenvalue weighted by atomic mass is 35.5. The number of aryl methyl sites for hydroxylation is 1. The Morgan fingerprint density at radius 2 is 1.90 bits per heavy atom. The van der Waals surface area contributed by atoms with Gasteiger partial charge >= 0.3 is 0 Å². The van der Waals surface area contributed by atoms with Gasteiger partial charge in [-0.15, -0.1) is 0 Å². The van der Waals surface area contributed by atoms with Gasteiger partial charge in [-0.25, -0.2) is 4.68 Å². The van der Waals surface area contributed by atoms with Crippen LogP contribution < -0.4 is 15.8 Å². The first-order valence-corrected chi connectivity index (χ1v) is 10.3. The number of nitrogens with one attached hydrogen (secondary N) is 1. The molecule has 1 aliphatic heterocycles. The Morgan fingerprint density at radius 1 is 1.21 bits per heavy atom. The van der Waals surface area contributed by atoms with E-state index in [0.717, 1.165) is 16.8 Å². The standard InChI is InChI=1S/C21H28ClN5O2/c1-14(2)27-21(29)20(22)18(12-23-27)26-10-8-25(9-11-26)13-19(28)24-17-7-5-6-15(3)16(17)4/h5-7,12,14H,8-11,13H2,1-4H3,(H,24,28). The zero-order valence-corrected chi connectivity index (χ0v) is 18.2. The van der Waals surface area contributed by atoms with Crippen molar-refractivity contribution in [1.82, 2.24) is 14.7 Å². The summed E-state index contributed by atoms with van der Waals surface area (Å²) in [5, 5.41) is 7.45. The average Bonchev–Trinajstić information content (AvgIpc) is 2.68. The molecule has 0 aliphatic carbocycles. The van der Waals surface area contributed by atoms with Crippen molar-refractivity contribution in [2.24, 2.45) is 0 Å². The summed E-state index contributed by atoms with van der Waals surface area (Å²) < 4.78 is 1.39. The molecule has 0 spiro atoms. The van der Waals surface area contributed by atoms with Crippen molar-refractivity contribution in [1.29, 1.82) is 0 Å². The SMILES string of the molecule is Cc1cccc(NC(=O)CN2CCN(c3cnn(C(C)C)c(=O)c3Cl)CC2)c1C. The second-order valence-corrected chi connectivity index (χ2v) is 8.12. The quantitative estimate of drug-likeness (QED) is 0.810. The molecule has 0 saturated carbocycles. The Kier molecular flexibility index (Phi) is 6.59. The number of amides is 1. The first kappa shape index (κ1) is 21.3. The predicted octanol–water partition coefficient (Wildman–Crippen LogP) is 2.86. The number of benzene rings is 1. The molecule has 1 aromatic carbocycles. The number of carbonyl (C=O) groups is 1. The number of rotatable bonds is 5. The maximum absolute atomic E-state index is 12.5. The minimum absolute atomic E-state index is 0.0219. The summed E-state index contributed by atoms with van der Waals surface area (Å²) in [6, 6.07) is 5.86. The smallest absolute Gasteiger partial charge is 0.287 e. The van der Waals surface area contributed by atoms with Crippen molar-refractivity contribution in [3.05, 3.63) is 50.9 Å². The molecule has 2 aromatic rings. The van der Waals surface area contributed by atoms with Crippen LogP contribution in [0.2, 0.25) is 5.02 Å². The second-order valence-electron chi connectivity index (χ2n) is 7.75. The van der Waals surface area contributed by atoms with E-state index in [1.165, 1.54) is 4.68 Å². The van der Waals surface area contributed by atoms with Crippen LogP contribution in [0, 0.1) is 13.8 Å². The van der Waals surface area contributed by atoms with E-state index in [0.29, 0.717) is 38.4 Å². The second kappa shape index (κ2) is 8.97. The van der Waals surface area contributed by atoms with E-state index in [2.05, 4.69) is 20.2 Å². The van der Waals surface area contributed by atoms with Gasteiger partial charge in [0.25, 0.3) is 5.56 Å². The van der Waals surface area contributed by atoms with E-state index in [9.17, 15) is 9.59 Å². The van der Waals surface area contributed by atoms with Crippen molar-refractivity contribution in [2.75, 3.05) is 42.9 Å². The third kappa shape index (κ3) is 4.79. The summed E-state index contributed by atoms with van der Waals surface area (Å²) in [5.41, 5.74) is 3.49. The minimum atomic E-state index is -0.269. The lowest BCUT2D eigenvalue weighted by atomic mass is 10.1. The topological polar surface area (TPSA) is 70.5 Å². The number of aromatic nitrogens is 2. The van der Waals surface area contributed by atoms with Gasteiger partial charge in [0, 0.05) is 31.9 Å². The maximum Gasteiger partial charge on any atom is 0.287 e. The fourth-order valence-electron chi connectivity index (χ4n) is 3.45. The Labute approximate surface area is 176 Å². The van der Waals surface area contributed by atoms with Crippen molar-refractivity contribution in [3.63, 3.8) is 0 Å². The molecule has 156 valence electrons. The van der Waals surface area contributed by atoms with Crippen molar-refractivity contribution < 1.29 is 4.79 Å². The van der Waals surface area contributed by atoms with Crippen LogP contribution in [-0.4, -0.2) is 53.3 Å². The predicted molar refractivity (Wildman–Crippen MR) is 117 cm³/mol. The third-order valence-electron chi connectivity index (χ3n) is 5.37. The Hall–Kier alpha value is -2.38. The normalized spacial score (nSPS) is 15.0. The molecule has 0 radical (unpaired) electrons. The average molecular weight is 418 g/mol. The molecule has 8 heteroatoms. The lowest BCUT2D eigenvalue weighted by Gasteiger charge is -2.35. The van der Waals surface area contributed by atoms with Gasteiger partial charge in [-0.2, -0.15) is 5.10 Å². The molecule has 1 aliphatic rings. The minimum Gasteiger partial charge on any atom is -0.366 e. The van der Waals surface area contributed by atoms with E-state index in [4.69, 9.17) is 11.6 Å². The largest absolute Gasteiger partial charge is 0.366 e. The molecule has 3 rings (SSSR count). The van der Waals surface area contributed by atoms with Gasteiger partial charge in [-0.05, 0) is 44.9 Å². The molecule has 0 atom stereocenters. The van der Waals surface area contributed by atoms with Crippen LogP contribution >= 0.6 is 11.6 Å². The first-order valence-electron chi connectivity index (χ1n) is 9.88. The lowest BCUT2D eigenvalue weighted by molar-refractivity contribution is -0.117. The highest BCUT2D eigenvalue weighted by Crippen LogP contribution is 2.23. The van der Waals surface area contributed by atoms with Gasteiger partial charge in [0.2, 0.25) is 5.91 Å². The molecule has 1 amide bonds. The monoisotopic (exact) mass is 417 g/mol. The molecule has 29 heavy (non-hydrogen) atoms. The Bertz CT molecular complexity index is 949. The summed E-state index contributed by atoms with van der Waals surface area (Å²) in [6.07, 6.45) is 1.66. The highest BCUT2D eigenvalue weighted by molar-refractivity contribution is 6.33. The van der Waals surface area contributed by atoms with E-state index in [1.807, 2.05) is 45.9 Å². The lowest BCUT2D eigenvalue weighted by Crippen LogP contribution is -2.49. The number of piperazine rings is 1. The molecule has 0 bridgehead atoms. The number of nitrogens with zero attached hydrogens (tertiary/aromatic N) is 4. The van der Waals surface area contributed by atoms with Crippen LogP contribution in [0.15, 0.2) is 29.2 Å². The summed E-state index contributed by atoms with van der Waals surface area (Å²) in [7, 11) is 0. The van der Waals surface area contributed by atoms with Gasteiger partial charge in [-0.1, -0.05) is 23.7 Å². The molecule has 1 aromatic heterocycles. The zero-order valence-electron chi connectivity index (χ0n) is 17.4. The molecule has 1 N–H and O–H groups in total. The molecular formula is C21H28ClN5O2. The van der Waals surface area contributed by atoms with Crippen LogP contribution in [0.25, 0.3) is 0 Å². The Balaban J connectivity index is 1.58. The molecule has 0 unspecified atom stereocenters. The summed E-state index contributed by atoms with van der Waals surface area (Å²) in [6.45, 7) is 11.0. The molecule has 7 nitrogen and oxygen atoms in total. The number of hydrogen-bond donors (Lipinski definition) is 1. The van der Waals surface area contributed by atoms with Gasteiger partial charge in [0.05, 0.1) is 24.5 Å². The Morgan fingerprint density at radius 3 is 2.55 bits per heavy atom. The van der Waals surface area contributed by atoms with Gasteiger partial charge in [0.15, 0.2) is 0 Å². The van der Waals surface area contributed by atoms with Crippen LogP contribution in [0.3, 0.4) is 0 Å². The fourth-order valence-corrected chi connectivity index (χ4v) is 3.71. The summed E-state index contributed by atoms with van der Waals surface area (Å²) >= 11 is 6.32. The van der Waals surface area contributed by atoms with Crippen molar-refractivity contribution in [2.45, 2.75) is 33.7 Å². The van der Waals surface area contributed by atoms with Gasteiger partial charge in [0.1, 0.15) is 5.02 Å². The molecular weight excluding hydrogens is 390 g/mol.